The summed E-state index contributed by atoms with van der Waals surface area (Å²) in [5, 5.41) is 0. The van der Waals surface area contributed by atoms with Crippen LogP contribution in [-0.2, 0) is 6.42 Å². The average Bonchev–Trinajstić information content (AvgIpc) is 2.75. The third-order valence-corrected chi connectivity index (χ3v) is 3.41. The summed E-state index contributed by atoms with van der Waals surface area (Å²) in [6.07, 6.45) is 0.929. The zero-order valence-corrected chi connectivity index (χ0v) is 10.7. The Hall–Kier alpha value is -1.38. The molecule has 2 aromatic rings. The van der Waals surface area contributed by atoms with Crippen LogP contribution in [0.4, 0.5) is 4.39 Å². The SMILES string of the molecule is Cl.N[C@H](CF)c1ccc2c(c1)Cc1ccccc1-2. The van der Waals surface area contributed by atoms with Crippen molar-refractivity contribution in [1.82, 2.24) is 0 Å². The lowest BCUT2D eigenvalue weighted by molar-refractivity contribution is 0.437. The van der Waals surface area contributed by atoms with E-state index < -0.39 is 12.7 Å². The highest BCUT2D eigenvalue weighted by atomic mass is 35.5. The summed E-state index contributed by atoms with van der Waals surface area (Å²) < 4.78 is 12.6. The van der Waals surface area contributed by atoms with Gasteiger partial charge in [0.05, 0.1) is 6.04 Å². The molecule has 0 unspecified atom stereocenters. The number of alkyl halides is 1. The van der Waals surface area contributed by atoms with E-state index in [1.807, 2.05) is 12.1 Å². The molecule has 0 fully saturated rings. The van der Waals surface area contributed by atoms with Gasteiger partial charge in [0.25, 0.3) is 0 Å². The van der Waals surface area contributed by atoms with Crippen molar-refractivity contribution in [3.05, 3.63) is 59.2 Å². The van der Waals surface area contributed by atoms with Gasteiger partial charge in [-0.2, -0.15) is 0 Å². The Morgan fingerprint density at radius 3 is 2.56 bits per heavy atom. The lowest BCUT2D eigenvalue weighted by Crippen LogP contribution is -2.12. The smallest absolute Gasteiger partial charge is 0.109 e. The Bertz CT molecular complexity index is 568. The van der Waals surface area contributed by atoms with Crippen LogP contribution in [0.3, 0.4) is 0 Å². The first kappa shape index (κ1) is 13.1. The van der Waals surface area contributed by atoms with Gasteiger partial charge in [0.2, 0.25) is 0 Å². The minimum atomic E-state index is -0.508. The summed E-state index contributed by atoms with van der Waals surface area (Å²) in [7, 11) is 0. The molecule has 3 rings (SSSR count). The summed E-state index contributed by atoms with van der Waals surface area (Å²) in [5.41, 5.74) is 11.8. The van der Waals surface area contributed by atoms with Crippen LogP contribution in [0.5, 0.6) is 0 Å². The van der Waals surface area contributed by atoms with Crippen molar-refractivity contribution in [2.75, 3.05) is 6.67 Å². The van der Waals surface area contributed by atoms with E-state index in [9.17, 15) is 4.39 Å². The van der Waals surface area contributed by atoms with Gasteiger partial charge in [-0.3, -0.25) is 0 Å². The fourth-order valence-corrected chi connectivity index (χ4v) is 2.48. The fourth-order valence-electron chi connectivity index (χ4n) is 2.48. The summed E-state index contributed by atoms with van der Waals surface area (Å²) in [6, 6.07) is 13.9. The molecule has 0 saturated heterocycles. The standard InChI is InChI=1S/C15H14FN.ClH/c16-9-15(17)11-5-6-14-12(8-11)7-10-3-1-2-4-13(10)14;/h1-6,8,15H,7,9,17H2;1H/t15-;/m1./s1. The molecule has 94 valence electrons. The lowest BCUT2D eigenvalue weighted by Gasteiger charge is -2.09. The highest BCUT2D eigenvalue weighted by Crippen LogP contribution is 2.37. The van der Waals surface area contributed by atoms with E-state index in [0.29, 0.717) is 0 Å². The highest BCUT2D eigenvalue weighted by Gasteiger charge is 2.18. The largest absolute Gasteiger partial charge is 0.322 e. The number of benzene rings is 2. The lowest BCUT2D eigenvalue weighted by atomic mass is 10.0. The van der Waals surface area contributed by atoms with E-state index in [4.69, 9.17) is 5.73 Å². The van der Waals surface area contributed by atoms with Crippen molar-refractivity contribution in [2.45, 2.75) is 12.5 Å². The van der Waals surface area contributed by atoms with E-state index in [-0.39, 0.29) is 12.4 Å². The van der Waals surface area contributed by atoms with Crippen molar-refractivity contribution in [3.8, 4) is 11.1 Å². The molecular weight excluding hydrogens is 249 g/mol. The minimum Gasteiger partial charge on any atom is -0.322 e. The molecular formula is C15H15ClFN. The number of hydrogen-bond acceptors (Lipinski definition) is 1. The average molecular weight is 264 g/mol. The molecule has 2 aromatic carbocycles. The number of nitrogens with two attached hydrogens (primary N) is 1. The third kappa shape index (κ3) is 2.02. The predicted octanol–water partition coefficient (Wildman–Crippen LogP) is 3.65. The van der Waals surface area contributed by atoms with Gasteiger partial charge in [0.1, 0.15) is 6.67 Å². The van der Waals surface area contributed by atoms with Crippen LogP contribution in [0.15, 0.2) is 42.5 Å². The maximum atomic E-state index is 12.6. The molecule has 1 atom stereocenters. The van der Waals surface area contributed by atoms with Crippen LogP contribution in [-0.4, -0.2) is 6.67 Å². The van der Waals surface area contributed by atoms with E-state index in [1.165, 1.54) is 22.3 Å². The molecule has 0 saturated carbocycles. The van der Waals surface area contributed by atoms with Crippen LogP contribution < -0.4 is 5.73 Å². The second-order valence-corrected chi connectivity index (χ2v) is 4.51. The van der Waals surface area contributed by atoms with Crippen molar-refractivity contribution >= 4 is 12.4 Å². The summed E-state index contributed by atoms with van der Waals surface area (Å²) in [6.45, 7) is -0.508. The van der Waals surface area contributed by atoms with Gasteiger partial charge in [-0.15, -0.1) is 12.4 Å². The van der Waals surface area contributed by atoms with Gasteiger partial charge in [-0.1, -0.05) is 42.5 Å². The second kappa shape index (κ2) is 5.09. The molecule has 0 bridgehead atoms. The van der Waals surface area contributed by atoms with Gasteiger partial charge in [0, 0.05) is 0 Å². The van der Waals surface area contributed by atoms with Crippen LogP contribution >= 0.6 is 12.4 Å². The Kier molecular flexibility index (Phi) is 3.69. The molecule has 0 heterocycles. The monoisotopic (exact) mass is 263 g/mol. The molecule has 2 N–H and O–H groups in total. The summed E-state index contributed by atoms with van der Waals surface area (Å²) in [5.74, 6) is 0. The summed E-state index contributed by atoms with van der Waals surface area (Å²) in [4.78, 5) is 0. The normalized spacial score (nSPS) is 13.4. The van der Waals surface area contributed by atoms with E-state index in [0.717, 1.165) is 12.0 Å². The van der Waals surface area contributed by atoms with Crippen molar-refractivity contribution in [3.63, 3.8) is 0 Å². The third-order valence-electron chi connectivity index (χ3n) is 3.41. The first-order valence-electron chi connectivity index (χ1n) is 5.82. The maximum absolute atomic E-state index is 12.6. The molecule has 0 amide bonds. The number of fused-ring (bicyclic) bond motifs is 3. The number of halogens is 2. The van der Waals surface area contributed by atoms with Gasteiger partial charge in [-0.25, -0.2) is 4.39 Å². The second-order valence-electron chi connectivity index (χ2n) is 4.51. The van der Waals surface area contributed by atoms with Crippen molar-refractivity contribution < 1.29 is 4.39 Å². The van der Waals surface area contributed by atoms with Gasteiger partial charge in [0.15, 0.2) is 0 Å². The molecule has 1 aliphatic carbocycles. The zero-order valence-electron chi connectivity index (χ0n) is 9.90. The molecule has 0 spiro atoms. The Balaban J connectivity index is 0.00000120. The van der Waals surface area contributed by atoms with Gasteiger partial charge < -0.3 is 5.73 Å². The molecule has 0 aliphatic heterocycles. The Labute approximate surface area is 112 Å². The highest BCUT2D eigenvalue weighted by molar-refractivity contribution is 5.85. The fraction of sp³-hybridized carbons (Fsp3) is 0.200. The van der Waals surface area contributed by atoms with Crippen LogP contribution in [0.25, 0.3) is 11.1 Å². The number of hydrogen-bond donors (Lipinski definition) is 1. The quantitative estimate of drug-likeness (QED) is 0.750. The van der Waals surface area contributed by atoms with E-state index >= 15 is 0 Å². The zero-order chi connectivity index (χ0) is 11.8. The minimum absolute atomic E-state index is 0. The summed E-state index contributed by atoms with van der Waals surface area (Å²) >= 11 is 0. The molecule has 18 heavy (non-hydrogen) atoms. The topological polar surface area (TPSA) is 26.0 Å². The molecule has 1 nitrogen and oxygen atoms in total. The maximum Gasteiger partial charge on any atom is 0.109 e. The first-order chi connectivity index (χ1) is 8.29. The van der Waals surface area contributed by atoms with Crippen molar-refractivity contribution in [2.24, 2.45) is 5.73 Å². The molecule has 1 aliphatic rings. The number of rotatable bonds is 2. The first-order valence-corrected chi connectivity index (χ1v) is 5.82. The van der Waals surface area contributed by atoms with Crippen LogP contribution in [0.1, 0.15) is 22.7 Å². The Morgan fingerprint density at radius 2 is 1.78 bits per heavy atom. The van der Waals surface area contributed by atoms with E-state index in [2.05, 4.69) is 30.3 Å². The molecule has 0 aromatic heterocycles. The predicted molar refractivity (Wildman–Crippen MR) is 74.8 cm³/mol. The van der Waals surface area contributed by atoms with Crippen molar-refractivity contribution in [1.29, 1.82) is 0 Å². The molecule has 0 radical (unpaired) electrons. The van der Waals surface area contributed by atoms with Gasteiger partial charge in [-0.05, 0) is 34.2 Å². The van der Waals surface area contributed by atoms with Crippen LogP contribution in [0.2, 0.25) is 0 Å². The molecule has 3 heteroatoms. The van der Waals surface area contributed by atoms with E-state index in [1.54, 1.807) is 0 Å². The van der Waals surface area contributed by atoms with Gasteiger partial charge >= 0.3 is 0 Å². The Morgan fingerprint density at radius 1 is 1.06 bits per heavy atom. The van der Waals surface area contributed by atoms with Crippen LogP contribution in [0, 0.1) is 0 Å².